The molecule has 0 atom stereocenters. The van der Waals surface area contributed by atoms with Gasteiger partial charge in [0, 0.05) is 13.1 Å². The first-order valence-corrected chi connectivity index (χ1v) is 5.44. The smallest absolute Gasteiger partial charge is 0.349 e. The molecule has 0 radical (unpaired) electrons. The summed E-state index contributed by atoms with van der Waals surface area (Å²) in [5.74, 6) is -1.02. The molecule has 0 amide bonds. The number of halogens is 1. The Balaban J connectivity index is 3.01. The van der Waals surface area contributed by atoms with Gasteiger partial charge in [-0.1, -0.05) is 22.9 Å². The van der Waals surface area contributed by atoms with Crippen LogP contribution in [0, 0.1) is 0 Å². The number of nitrogens with zero attached hydrogens (tertiary/aromatic N) is 2. The molecule has 4 nitrogen and oxygen atoms in total. The molecule has 0 aromatic carbocycles. The van der Waals surface area contributed by atoms with Gasteiger partial charge in [-0.25, -0.2) is 9.78 Å². The SMILES string of the molecule is CCN(CC)c1nc(Cl)c(C(=O)O)s1. The van der Waals surface area contributed by atoms with Crippen molar-refractivity contribution in [2.24, 2.45) is 0 Å². The number of rotatable bonds is 4. The van der Waals surface area contributed by atoms with E-state index in [0.717, 1.165) is 24.4 Å². The average Bonchev–Trinajstić information content (AvgIpc) is 2.50. The third kappa shape index (κ3) is 2.16. The van der Waals surface area contributed by atoms with Gasteiger partial charge >= 0.3 is 5.97 Å². The average molecular weight is 235 g/mol. The van der Waals surface area contributed by atoms with E-state index in [0.29, 0.717) is 5.13 Å². The maximum absolute atomic E-state index is 10.7. The van der Waals surface area contributed by atoms with Crippen LogP contribution in [-0.4, -0.2) is 29.1 Å². The summed E-state index contributed by atoms with van der Waals surface area (Å²) in [7, 11) is 0. The van der Waals surface area contributed by atoms with E-state index >= 15 is 0 Å². The third-order valence-electron chi connectivity index (χ3n) is 1.80. The summed E-state index contributed by atoms with van der Waals surface area (Å²) in [4.78, 5) is 16.8. The van der Waals surface area contributed by atoms with Crippen LogP contribution < -0.4 is 4.90 Å². The summed E-state index contributed by atoms with van der Waals surface area (Å²) in [6.07, 6.45) is 0. The minimum absolute atomic E-state index is 0.0735. The number of hydrogen-bond donors (Lipinski definition) is 1. The lowest BCUT2D eigenvalue weighted by Gasteiger charge is -2.16. The normalized spacial score (nSPS) is 10.2. The summed E-state index contributed by atoms with van der Waals surface area (Å²) in [6.45, 7) is 5.55. The summed E-state index contributed by atoms with van der Waals surface area (Å²) in [6, 6.07) is 0. The fourth-order valence-corrected chi connectivity index (χ4v) is 2.30. The summed E-state index contributed by atoms with van der Waals surface area (Å²) < 4.78 is 0. The predicted octanol–water partition coefficient (Wildman–Crippen LogP) is 2.34. The van der Waals surface area contributed by atoms with Crippen LogP contribution in [0.15, 0.2) is 0 Å². The van der Waals surface area contributed by atoms with Crippen molar-refractivity contribution in [3.63, 3.8) is 0 Å². The predicted molar refractivity (Wildman–Crippen MR) is 57.6 cm³/mol. The second kappa shape index (κ2) is 4.61. The van der Waals surface area contributed by atoms with Gasteiger partial charge in [-0.3, -0.25) is 0 Å². The molecule has 0 aliphatic rings. The number of thiazole rings is 1. The molecule has 14 heavy (non-hydrogen) atoms. The van der Waals surface area contributed by atoms with E-state index in [1.807, 2.05) is 18.7 Å². The van der Waals surface area contributed by atoms with Gasteiger partial charge in [-0.05, 0) is 13.8 Å². The monoisotopic (exact) mass is 234 g/mol. The van der Waals surface area contributed by atoms with E-state index in [2.05, 4.69) is 4.98 Å². The largest absolute Gasteiger partial charge is 0.477 e. The molecule has 0 spiro atoms. The topological polar surface area (TPSA) is 53.4 Å². The molecule has 1 rings (SSSR count). The number of aromatic carboxylic acids is 1. The zero-order valence-electron chi connectivity index (χ0n) is 7.95. The van der Waals surface area contributed by atoms with Crippen LogP contribution in [0.4, 0.5) is 5.13 Å². The minimum atomic E-state index is -1.02. The molecule has 1 heterocycles. The van der Waals surface area contributed by atoms with Gasteiger partial charge in [0.15, 0.2) is 15.2 Å². The molecular weight excluding hydrogens is 224 g/mol. The van der Waals surface area contributed by atoms with E-state index in [1.165, 1.54) is 0 Å². The Hall–Kier alpha value is -0.810. The maximum Gasteiger partial charge on any atom is 0.349 e. The second-order valence-corrected chi connectivity index (χ2v) is 3.93. The molecule has 0 saturated heterocycles. The highest BCUT2D eigenvalue weighted by Crippen LogP contribution is 2.29. The Bertz CT molecular complexity index is 336. The molecular formula is C8H11ClN2O2S. The Kier molecular flexibility index (Phi) is 3.71. The Morgan fingerprint density at radius 2 is 2.14 bits per heavy atom. The van der Waals surface area contributed by atoms with Crippen molar-refractivity contribution in [1.29, 1.82) is 0 Å². The Labute approximate surface area is 91.1 Å². The number of aromatic nitrogens is 1. The van der Waals surface area contributed by atoms with Gasteiger partial charge in [0.05, 0.1) is 0 Å². The standard InChI is InChI=1S/C8H11ClN2O2S/c1-3-11(4-2)8-10-6(9)5(14-8)7(12)13/h3-4H2,1-2H3,(H,12,13). The van der Waals surface area contributed by atoms with E-state index < -0.39 is 5.97 Å². The number of carboxylic acids is 1. The highest BCUT2D eigenvalue weighted by Gasteiger charge is 2.17. The van der Waals surface area contributed by atoms with Crippen LogP contribution >= 0.6 is 22.9 Å². The van der Waals surface area contributed by atoms with Crippen molar-refractivity contribution in [2.75, 3.05) is 18.0 Å². The van der Waals surface area contributed by atoms with Crippen molar-refractivity contribution in [3.8, 4) is 0 Å². The van der Waals surface area contributed by atoms with Gasteiger partial charge < -0.3 is 10.0 Å². The summed E-state index contributed by atoms with van der Waals surface area (Å²) >= 11 is 6.80. The molecule has 1 N–H and O–H groups in total. The lowest BCUT2D eigenvalue weighted by Crippen LogP contribution is -2.21. The zero-order valence-corrected chi connectivity index (χ0v) is 9.52. The van der Waals surface area contributed by atoms with Gasteiger partial charge in [-0.15, -0.1) is 0 Å². The first-order chi connectivity index (χ1) is 6.60. The number of hydrogen-bond acceptors (Lipinski definition) is 4. The molecule has 6 heteroatoms. The van der Waals surface area contributed by atoms with Crippen LogP contribution in [0.3, 0.4) is 0 Å². The van der Waals surface area contributed by atoms with E-state index in [1.54, 1.807) is 0 Å². The minimum Gasteiger partial charge on any atom is -0.477 e. The number of carboxylic acid groups (broad SMARTS) is 1. The Morgan fingerprint density at radius 3 is 2.50 bits per heavy atom. The molecule has 78 valence electrons. The molecule has 0 aliphatic heterocycles. The van der Waals surface area contributed by atoms with Crippen molar-refractivity contribution in [2.45, 2.75) is 13.8 Å². The highest BCUT2D eigenvalue weighted by molar-refractivity contribution is 7.18. The van der Waals surface area contributed by atoms with E-state index in [4.69, 9.17) is 16.7 Å². The molecule has 0 unspecified atom stereocenters. The second-order valence-electron chi connectivity index (χ2n) is 2.59. The fraction of sp³-hybridized carbons (Fsp3) is 0.500. The first-order valence-electron chi connectivity index (χ1n) is 4.24. The Morgan fingerprint density at radius 1 is 1.57 bits per heavy atom. The third-order valence-corrected chi connectivity index (χ3v) is 3.29. The van der Waals surface area contributed by atoms with Crippen LogP contribution in [0.1, 0.15) is 23.5 Å². The van der Waals surface area contributed by atoms with Gasteiger partial charge in [-0.2, -0.15) is 0 Å². The van der Waals surface area contributed by atoms with E-state index in [9.17, 15) is 4.79 Å². The molecule has 0 aliphatic carbocycles. The summed E-state index contributed by atoms with van der Waals surface area (Å²) in [5.41, 5.74) is 0. The fourth-order valence-electron chi connectivity index (χ4n) is 1.05. The molecule has 1 aromatic heterocycles. The molecule has 1 aromatic rings. The quantitative estimate of drug-likeness (QED) is 0.869. The number of carbonyl (C=O) groups is 1. The van der Waals surface area contributed by atoms with Gasteiger partial charge in [0.1, 0.15) is 0 Å². The van der Waals surface area contributed by atoms with E-state index in [-0.39, 0.29) is 10.0 Å². The van der Waals surface area contributed by atoms with Gasteiger partial charge in [0.25, 0.3) is 0 Å². The van der Waals surface area contributed by atoms with Crippen LogP contribution in [-0.2, 0) is 0 Å². The van der Waals surface area contributed by atoms with Crippen molar-refractivity contribution < 1.29 is 9.90 Å². The number of anilines is 1. The summed E-state index contributed by atoms with van der Waals surface area (Å²) in [5, 5.41) is 9.51. The van der Waals surface area contributed by atoms with Crippen LogP contribution in [0.5, 0.6) is 0 Å². The molecule has 0 bridgehead atoms. The van der Waals surface area contributed by atoms with Crippen LogP contribution in [0.2, 0.25) is 5.15 Å². The van der Waals surface area contributed by atoms with Gasteiger partial charge in [0.2, 0.25) is 0 Å². The van der Waals surface area contributed by atoms with Crippen molar-refractivity contribution >= 4 is 34.0 Å². The lowest BCUT2D eigenvalue weighted by atomic mass is 10.5. The maximum atomic E-state index is 10.7. The van der Waals surface area contributed by atoms with Crippen molar-refractivity contribution in [3.05, 3.63) is 10.0 Å². The highest BCUT2D eigenvalue weighted by atomic mass is 35.5. The zero-order chi connectivity index (χ0) is 10.7. The van der Waals surface area contributed by atoms with Crippen molar-refractivity contribution in [1.82, 2.24) is 4.98 Å². The van der Waals surface area contributed by atoms with Crippen LogP contribution in [0.25, 0.3) is 0 Å². The lowest BCUT2D eigenvalue weighted by molar-refractivity contribution is 0.0702. The molecule has 0 fully saturated rings. The molecule has 0 saturated carbocycles. The first kappa shape index (κ1) is 11.3.